The molecule has 0 aromatic heterocycles. The van der Waals surface area contributed by atoms with Gasteiger partial charge in [-0.3, -0.25) is 10.2 Å². The lowest BCUT2D eigenvalue weighted by atomic mass is 9.99. The summed E-state index contributed by atoms with van der Waals surface area (Å²) in [7, 11) is -3.67. The molecular formula is C18H26Cl2N4O3S. The molecule has 0 spiro atoms. The summed E-state index contributed by atoms with van der Waals surface area (Å²) in [5, 5.41) is 0.511. The Balaban J connectivity index is 1.58. The van der Waals surface area contributed by atoms with Crippen molar-refractivity contribution in [2.24, 2.45) is 5.92 Å². The Bertz CT molecular complexity index is 826. The number of hydrogen-bond acceptors (Lipinski definition) is 5. The lowest BCUT2D eigenvalue weighted by Crippen LogP contribution is -2.54. The van der Waals surface area contributed by atoms with E-state index in [1.807, 2.05) is 0 Å². The molecule has 10 heteroatoms. The summed E-state index contributed by atoms with van der Waals surface area (Å²) >= 11 is 11.8. The summed E-state index contributed by atoms with van der Waals surface area (Å²) in [4.78, 5) is 14.6. The monoisotopic (exact) mass is 448 g/mol. The number of hydrazine groups is 1. The minimum absolute atomic E-state index is 0.0188. The van der Waals surface area contributed by atoms with Crippen LogP contribution in [0.25, 0.3) is 0 Å². The van der Waals surface area contributed by atoms with Crippen LogP contribution in [0.1, 0.15) is 26.7 Å². The minimum Gasteiger partial charge on any atom is -0.339 e. The van der Waals surface area contributed by atoms with Crippen LogP contribution in [-0.4, -0.2) is 61.8 Å². The zero-order chi connectivity index (χ0) is 20.5. The Kier molecular flexibility index (Phi) is 6.89. The lowest BCUT2D eigenvalue weighted by molar-refractivity contribution is -0.134. The number of piperazine rings is 1. The van der Waals surface area contributed by atoms with Gasteiger partial charge in [0.05, 0.1) is 14.9 Å². The van der Waals surface area contributed by atoms with Gasteiger partial charge in [0, 0.05) is 32.2 Å². The average molecular weight is 449 g/mol. The summed E-state index contributed by atoms with van der Waals surface area (Å²) in [6.07, 6.45) is 1.76. The van der Waals surface area contributed by atoms with Crippen LogP contribution in [0.5, 0.6) is 0 Å². The molecular weight excluding hydrogens is 423 g/mol. The largest absolute Gasteiger partial charge is 0.339 e. The molecule has 1 amide bonds. The quantitative estimate of drug-likeness (QED) is 0.720. The van der Waals surface area contributed by atoms with Crippen molar-refractivity contribution >= 4 is 39.1 Å². The Morgan fingerprint density at radius 3 is 2.43 bits per heavy atom. The van der Waals surface area contributed by atoms with Crippen LogP contribution >= 0.6 is 23.2 Å². The van der Waals surface area contributed by atoms with Crippen molar-refractivity contribution in [3.8, 4) is 0 Å². The van der Waals surface area contributed by atoms with Gasteiger partial charge in [-0.05, 0) is 37.0 Å². The molecule has 2 atom stereocenters. The molecule has 0 aliphatic carbocycles. The van der Waals surface area contributed by atoms with E-state index in [1.165, 1.54) is 22.5 Å². The van der Waals surface area contributed by atoms with Crippen molar-refractivity contribution in [1.82, 2.24) is 20.1 Å². The number of nitrogens with zero attached hydrogens (tertiary/aromatic N) is 2. The molecule has 2 unspecified atom stereocenters. The van der Waals surface area contributed by atoms with Crippen LogP contribution in [0.15, 0.2) is 23.1 Å². The standard InChI is InChI=1S/C18H26Cl2N4O3S/c1-12(2)9-13-10-17(22-21-13)18(25)23-5-7-24(8-6-23)28(26,27)14-3-4-15(19)16(20)11-14/h3-4,11-13,17,21-22H,5-10H2,1-2H3. The molecule has 2 N–H and O–H groups in total. The van der Waals surface area contributed by atoms with Crippen LogP contribution in [0.2, 0.25) is 10.0 Å². The Labute approximate surface area is 176 Å². The molecule has 0 saturated carbocycles. The fourth-order valence-electron chi connectivity index (χ4n) is 3.66. The van der Waals surface area contributed by atoms with Crippen LogP contribution in [-0.2, 0) is 14.8 Å². The van der Waals surface area contributed by atoms with Crippen molar-refractivity contribution < 1.29 is 13.2 Å². The van der Waals surface area contributed by atoms with Gasteiger partial charge in [-0.2, -0.15) is 4.31 Å². The van der Waals surface area contributed by atoms with E-state index in [0.717, 1.165) is 12.8 Å². The number of halogens is 2. The zero-order valence-electron chi connectivity index (χ0n) is 16.0. The van der Waals surface area contributed by atoms with Gasteiger partial charge < -0.3 is 4.90 Å². The zero-order valence-corrected chi connectivity index (χ0v) is 18.3. The molecule has 28 heavy (non-hydrogen) atoms. The van der Waals surface area contributed by atoms with Gasteiger partial charge in [0.25, 0.3) is 0 Å². The van der Waals surface area contributed by atoms with Crippen LogP contribution < -0.4 is 10.9 Å². The minimum atomic E-state index is -3.67. The van der Waals surface area contributed by atoms with Crippen LogP contribution in [0, 0.1) is 5.92 Å². The topological polar surface area (TPSA) is 81.8 Å². The van der Waals surface area contributed by atoms with Gasteiger partial charge in [-0.25, -0.2) is 13.8 Å². The van der Waals surface area contributed by atoms with E-state index in [9.17, 15) is 13.2 Å². The van der Waals surface area contributed by atoms with Crippen LogP contribution in [0.3, 0.4) is 0 Å². The van der Waals surface area contributed by atoms with E-state index in [4.69, 9.17) is 23.2 Å². The molecule has 2 aliphatic heterocycles. The normalized spacial score (nSPS) is 24.1. The van der Waals surface area contributed by atoms with Crippen molar-refractivity contribution in [3.63, 3.8) is 0 Å². The maximum Gasteiger partial charge on any atom is 0.243 e. The summed E-state index contributed by atoms with van der Waals surface area (Å²) in [5.74, 6) is 0.577. The van der Waals surface area contributed by atoms with E-state index in [2.05, 4.69) is 24.7 Å². The molecule has 3 rings (SSSR count). The lowest BCUT2D eigenvalue weighted by Gasteiger charge is -2.35. The van der Waals surface area contributed by atoms with E-state index in [1.54, 1.807) is 4.90 Å². The number of carbonyl (C=O) groups excluding carboxylic acids is 1. The maximum atomic E-state index is 12.8. The summed E-state index contributed by atoms with van der Waals surface area (Å²) in [6.45, 7) is 5.56. The van der Waals surface area contributed by atoms with E-state index in [0.29, 0.717) is 24.0 Å². The molecule has 1 aromatic carbocycles. The molecule has 0 radical (unpaired) electrons. The third-order valence-electron chi connectivity index (χ3n) is 5.12. The smallest absolute Gasteiger partial charge is 0.243 e. The summed E-state index contributed by atoms with van der Waals surface area (Å²) in [6, 6.07) is 4.31. The number of hydrogen-bond donors (Lipinski definition) is 2. The van der Waals surface area contributed by atoms with Gasteiger partial charge in [0.2, 0.25) is 15.9 Å². The van der Waals surface area contributed by atoms with E-state index in [-0.39, 0.29) is 41.0 Å². The Morgan fingerprint density at radius 1 is 1.14 bits per heavy atom. The summed E-state index contributed by atoms with van der Waals surface area (Å²) < 4.78 is 27.0. The number of carbonyl (C=O) groups is 1. The number of sulfonamides is 1. The first-order valence-corrected chi connectivity index (χ1v) is 11.6. The van der Waals surface area contributed by atoms with Gasteiger partial charge in [0.1, 0.15) is 6.04 Å². The van der Waals surface area contributed by atoms with Crippen molar-refractivity contribution in [1.29, 1.82) is 0 Å². The highest BCUT2D eigenvalue weighted by molar-refractivity contribution is 7.89. The summed E-state index contributed by atoms with van der Waals surface area (Å²) in [5.41, 5.74) is 6.28. The third kappa shape index (κ3) is 4.80. The van der Waals surface area contributed by atoms with Gasteiger partial charge >= 0.3 is 0 Å². The number of rotatable bonds is 5. The Morgan fingerprint density at radius 2 is 1.82 bits per heavy atom. The Hall–Kier alpha value is -0.900. The van der Waals surface area contributed by atoms with Gasteiger partial charge in [-0.1, -0.05) is 37.0 Å². The predicted octanol–water partition coefficient (Wildman–Crippen LogP) is 2.11. The third-order valence-corrected chi connectivity index (χ3v) is 7.75. The number of benzene rings is 1. The SMILES string of the molecule is CC(C)CC1CC(C(=O)N2CCN(S(=O)(=O)c3ccc(Cl)c(Cl)c3)CC2)NN1. The van der Waals surface area contributed by atoms with Crippen molar-refractivity contribution in [2.75, 3.05) is 26.2 Å². The number of amides is 1. The molecule has 156 valence electrons. The highest BCUT2D eigenvalue weighted by Crippen LogP contribution is 2.27. The average Bonchev–Trinajstić information content (AvgIpc) is 3.11. The number of nitrogens with one attached hydrogen (secondary N) is 2. The first kappa shape index (κ1) is 21.8. The molecule has 7 nitrogen and oxygen atoms in total. The predicted molar refractivity (Wildman–Crippen MR) is 110 cm³/mol. The fourth-order valence-corrected chi connectivity index (χ4v) is 5.47. The van der Waals surface area contributed by atoms with E-state index < -0.39 is 10.0 Å². The van der Waals surface area contributed by atoms with Crippen LogP contribution in [0.4, 0.5) is 0 Å². The van der Waals surface area contributed by atoms with Crippen molar-refractivity contribution in [3.05, 3.63) is 28.2 Å². The fraction of sp³-hybridized carbons (Fsp3) is 0.611. The second-order valence-corrected chi connectivity index (χ2v) is 10.5. The second-order valence-electron chi connectivity index (χ2n) is 7.71. The second kappa shape index (κ2) is 8.85. The van der Waals surface area contributed by atoms with E-state index >= 15 is 0 Å². The first-order chi connectivity index (χ1) is 13.2. The van der Waals surface area contributed by atoms with Gasteiger partial charge in [0.15, 0.2) is 0 Å². The van der Waals surface area contributed by atoms with Crippen molar-refractivity contribution in [2.45, 2.75) is 43.7 Å². The highest BCUT2D eigenvalue weighted by Gasteiger charge is 2.35. The maximum absolute atomic E-state index is 12.8. The molecule has 2 heterocycles. The first-order valence-electron chi connectivity index (χ1n) is 9.43. The van der Waals surface area contributed by atoms with Gasteiger partial charge in [-0.15, -0.1) is 0 Å². The molecule has 0 bridgehead atoms. The highest BCUT2D eigenvalue weighted by atomic mass is 35.5. The molecule has 2 saturated heterocycles. The molecule has 2 fully saturated rings. The molecule has 1 aromatic rings. The molecule has 2 aliphatic rings.